The summed E-state index contributed by atoms with van der Waals surface area (Å²) in [5.41, 5.74) is 6.27. The predicted molar refractivity (Wildman–Crippen MR) is 66.0 cm³/mol. The van der Waals surface area contributed by atoms with Crippen molar-refractivity contribution in [3.05, 3.63) is 42.6 Å². The number of carbonyl (C=O) groups is 1. The first kappa shape index (κ1) is 12.4. The third-order valence-corrected chi connectivity index (χ3v) is 2.56. The molecule has 6 nitrogen and oxygen atoms in total. The van der Waals surface area contributed by atoms with Crippen molar-refractivity contribution in [1.82, 2.24) is 15.2 Å². The number of hydrogen-bond donors (Lipinski definition) is 2. The molecule has 1 aromatic rings. The van der Waals surface area contributed by atoms with Crippen LogP contribution in [0, 0.1) is 0 Å². The highest BCUT2D eigenvalue weighted by molar-refractivity contribution is 5.75. The number of amides is 2. The van der Waals surface area contributed by atoms with Crippen molar-refractivity contribution in [2.75, 3.05) is 6.54 Å². The minimum absolute atomic E-state index is 0.215. The van der Waals surface area contributed by atoms with Crippen molar-refractivity contribution in [1.29, 1.82) is 0 Å². The lowest BCUT2D eigenvalue weighted by molar-refractivity contribution is 0.0696. The zero-order valence-electron chi connectivity index (χ0n) is 9.95. The fraction of sp³-hybridized carbons (Fsp3) is 0.333. The van der Waals surface area contributed by atoms with E-state index in [4.69, 9.17) is 10.5 Å². The molecule has 1 atom stereocenters. The van der Waals surface area contributed by atoms with Crippen LogP contribution in [0.15, 0.2) is 36.9 Å². The SMILES string of the molecule is NCCC1OC=CN1C(=O)NCc1ccccn1. The van der Waals surface area contributed by atoms with Gasteiger partial charge in [0.25, 0.3) is 0 Å². The third kappa shape index (κ3) is 2.98. The van der Waals surface area contributed by atoms with Gasteiger partial charge in [-0.2, -0.15) is 0 Å². The molecule has 1 aliphatic rings. The Balaban J connectivity index is 1.86. The van der Waals surface area contributed by atoms with E-state index in [0.717, 1.165) is 5.69 Å². The molecule has 6 heteroatoms. The number of rotatable bonds is 4. The highest BCUT2D eigenvalue weighted by Crippen LogP contribution is 2.14. The number of nitrogens with zero attached hydrogens (tertiary/aromatic N) is 2. The Bertz CT molecular complexity index is 421. The zero-order chi connectivity index (χ0) is 12.8. The van der Waals surface area contributed by atoms with Crippen LogP contribution in [-0.4, -0.2) is 28.7 Å². The second-order valence-corrected chi connectivity index (χ2v) is 3.84. The molecule has 0 aromatic carbocycles. The number of ether oxygens (including phenoxy) is 1. The first-order valence-corrected chi connectivity index (χ1v) is 5.79. The smallest absolute Gasteiger partial charge is 0.324 e. The van der Waals surface area contributed by atoms with Crippen LogP contribution >= 0.6 is 0 Å². The number of carbonyl (C=O) groups excluding carboxylic acids is 1. The van der Waals surface area contributed by atoms with Gasteiger partial charge in [-0.05, 0) is 18.7 Å². The lowest BCUT2D eigenvalue weighted by atomic mass is 10.3. The van der Waals surface area contributed by atoms with Gasteiger partial charge in [0, 0.05) is 18.8 Å². The van der Waals surface area contributed by atoms with Gasteiger partial charge < -0.3 is 15.8 Å². The summed E-state index contributed by atoms with van der Waals surface area (Å²) in [6, 6.07) is 5.35. The maximum Gasteiger partial charge on any atom is 0.324 e. The van der Waals surface area contributed by atoms with Gasteiger partial charge >= 0.3 is 6.03 Å². The van der Waals surface area contributed by atoms with E-state index < -0.39 is 0 Å². The molecule has 1 aliphatic heterocycles. The zero-order valence-corrected chi connectivity index (χ0v) is 9.95. The van der Waals surface area contributed by atoms with Gasteiger partial charge in [0.1, 0.15) is 6.26 Å². The van der Waals surface area contributed by atoms with Gasteiger partial charge in [-0.3, -0.25) is 9.88 Å². The second-order valence-electron chi connectivity index (χ2n) is 3.84. The summed E-state index contributed by atoms with van der Waals surface area (Å²) >= 11 is 0. The lowest BCUT2D eigenvalue weighted by Gasteiger charge is -2.22. The topological polar surface area (TPSA) is 80.5 Å². The Hall–Kier alpha value is -2.08. The minimum Gasteiger partial charge on any atom is -0.476 e. The second kappa shape index (κ2) is 6.02. The number of nitrogens with one attached hydrogen (secondary N) is 1. The van der Waals surface area contributed by atoms with E-state index in [1.54, 1.807) is 12.4 Å². The Labute approximate surface area is 105 Å². The summed E-state index contributed by atoms with van der Waals surface area (Å²) in [4.78, 5) is 17.5. The average Bonchev–Trinajstić information content (AvgIpc) is 2.86. The number of pyridine rings is 1. The van der Waals surface area contributed by atoms with Crippen LogP contribution in [0.1, 0.15) is 12.1 Å². The van der Waals surface area contributed by atoms with Crippen LogP contribution in [-0.2, 0) is 11.3 Å². The fourth-order valence-electron chi connectivity index (χ4n) is 1.66. The Morgan fingerprint density at radius 3 is 3.17 bits per heavy atom. The van der Waals surface area contributed by atoms with Crippen molar-refractivity contribution >= 4 is 6.03 Å². The van der Waals surface area contributed by atoms with Crippen LogP contribution in [0.2, 0.25) is 0 Å². The monoisotopic (exact) mass is 248 g/mol. The highest BCUT2D eigenvalue weighted by Gasteiger charge is 2.25. The van der Waals surface area contributed by atoms with E-state index in [9.17, 15) is 4.79 Å². The summed E-state index contributed by atoms with van der Waals surface area (Å²) in [5, 5.41) is 2.78. The van der Waals surface area contributed by atoms with Crippen LogP contribution in [0.25, 0.3) is 0 Å². The molecule has 0 fully saturated rings. The van der Waals surface area contributed by atoms with Crippen molar-refractivity contribution < 1.29 is 9.53 Å². The molecular formula is C12H16N4O2. The molecule has 3 N–H and O–H groups in total. The van der Waals surface area contributed by atoms with Gasteiger partial charge in [0.2, 0.25) is 0 Å². The van der Waals surface area contributed by atoms with Crippen LogP contribution in [0.4, 0.5) is 4.79 Å². The first-order chi connectivity index (χ1) is 8.81. The van der Waals surface area contributed by atoms with Gasteiger partial charge in [0.05, 0.1) is 12.2 Å². The normalized spacial score (nSPS) is 17.6. The molecule has 18 heavy (non-hydrogen) atoms. The van der Waals surface area contributed by atoms with Crippen LogP contribution in [0.5, 0.6) is 0 Å². The average molecular weight is 248 g/mol. The van der Waals surface area contributed by atoms with E-state index in [2.05, 4.69) is 10.3 Å². The van der Waals surface area contributed by atoms with Gasteiger partial charge in [0.15, 0.2) is 6.23 Å². The predicted octanol–water partition coefficient (Wildman–Crippen LogP) is 0.769. The van der Waals surface area contributed by atoms with Gasteiger partial charge in [-0.1, -0.05) is 6.07 Å². The lowest BCUT2D eigenvalue weighted by Crippen LogP contribution is -2.41. The largest absolute Gasteiger partial charge is 0.476 e. The minimum atomic E-state index is -0.307. The van der Waals surface area contributed by atoms with E-state index in [1.807, 2.05) is 18.2 Å². The summed E-state index contributed by atoms with van der Waals surface area (Å²) < 4.78 is 5.27. The van der Waals surface area contributed by atoms with E-state index in [1.165, 1.54) is 11.2 Å². The summed E-state index contributed by atoms with van der Waals surface area (Å²) in [6.07, 6.45) is 5.09. The van der Waals surface area contributed by atoms with Crippen molar-refractivity contribution in [3.8, 4) is 0 Å². The summed E-state index contributed by atoms with van der Waals surface area (Å²) in [7, 11) is 0. The third-order valence-electron chi connectivity index (χ3n) is 2.56. The quantitative estimate of drug-likeness (QED) is 0.824. The number of urea groups is 1. The highest BCUT2D eigenvalue weighted by atomic mass is 16.5. The van der Waals surface area contributed by atoms with Gasteiger partial charge in [-0.15, -0.1) is 0 Å². The molecule has 96 valence electrons. The molecule has 1 aromatic heterocycles. The van der Waals surface area contributed by atoms with Crippen LogP contribution in [0.3, 0.4) is 0 Å². The summed E-state index contributed by atoms with van der Waals surface area (Å²) in [5.74, 6) is 0. The molecule has 0 aliphatic carbocycles. The Kier molecular flexibility index (Phi) is 4.14. The maximum atomic E-state index is 11.9. The molecule has 2 rings (SSSR count). The maximum absolute atomic E-state index is 11.9. The molecule has 0 radical (unpaired) electrons. The summed E-state index contributed by atoms with van der Waals surface area (Å²) in [6.45, 7) is 0.857. The number of aromatic nitrogens is 1. The van der Waals surface area contributed by atoms with Crippen molar-refractivity contribution in [2.24, 2.45) is 5.73 Å². The van der Waals surface area contributed by atoms with Crippen LogP contribution < -0.4 is 11.1 Å². The molecule has 2 amide bonds. The first-order valence-electron chi connectivity index (χ1n) is 5.79. The van der Waals surface area contributed by atoms with E-state index >= 15 is 0 Å². The van der Waals surface area contributed by atoms with E-state index in [0.29, 0.717) is 19.5 Å². The van der Waals surface area contributed by atoms with Crippen molar-refractivity contribution in [3.63, 3.8) is 0 Å². The van der Waals surface area contributed by atoms with Gasteiger partial charge in [-0.25, -0.2) is 4.79 Å². The standard InChI is InChI=1S/C12H16N4O2/c13-5-4-11-16(7-8-18-11)12(17)15-9-10-3-1-2-6-14-10/h1-3,6-8,11H,4-5,9,13H2,(H,15,17). The number of nitrogens with two attached hydrogens (primary N) is 1. The number of hydrogen-bond acceptors (Lipinski definition) is 4. The molecule has 0 bridgehead atoms. The molecule has 0 spiro atoms. The molecule has 0 saturated carbocycles. The molecule has 0 saturated heterocycles. The Morgan fingerprint density at radius 2 is 2.44 bits per heavy atom. The fourth-order valence-corrected chi connectivity index (χ4v) is 1.66. The molecule has 2 heterocycles. The Morgan fingerprint density at radius 1 is 1.56 bits per heavy atom. The molecule has 1 unspecified atom stereocenters. The van der Waals surface area contributed by atoms with E-state index in [-0.39, 0.29) is 12.3 Å². The van der Waals surface area contributed by atoms with Crippen molar-refractivity contribution in [2.45, 2.75) is 19.2 Å². The molecular weight excluding hydrogens is 232 g/mol.